The number of benzene rings is 1. The van der Waals surface area contributed by atoms with Crippen LogP contribution in [0.15, 0.2) is 30.3 Å². The fourth-order valence-electron chi connectivity index (χ4n) is 2.95. The quantitative estimate of drug-likeness (QED) is 0.911. The molecule has 1 amide bonds. The van der Waals surface area contributed by atoms with Crippen LogP contribution in [0.1, 0.15) is 32.2 Å². The van der Waals surface area contributed by atoms with Crippen molar-refractivity contribution in [1.82, 2.24) is 20.2 Å². The van der Waals surface area contributed by atoms with Crippen LogP contribution in [0.5, 0.6) is 0 Å². The van der Waals surface area contributed by atoms with Crippen LogP contribution >= 0.6 is 0 Å². The number of carbonyl (C=O) groups excluding carboxylic acids is 1. The van der Waals surface area contributed by atoms with Crippen molar-refractivity contribution < 1.29 is 4.79 Å². The lowest BCUT2D eigenvalue weighted by Gasteiger charge is -2.31. The maximum atomic E-state index is 12.2. The predicted molar refractivity (Wildman–Crippen MR) is 90.9 cm³/mol. The highest BCUT2D eigenvalue weighted by Crippen LogP contribution is 2.23. The van der Waals surface area contributed by atoms with Gasteiger partial charge in [-0.05, 0) is 20.8 Å². The molecule has 0 fully saturated rings. The number of carbonyl (C=O) groups is 1. The molecule has 0 unspecified atom stereocenters. The second kappa shape index (κ2) is 6.54. The van der Waals surface area contributed by atoms with E-state index in [0.717, 1.165) is 42.3 Å². The molecule has 0 saturated heterocycles. The van der Waals surface area contributed by atoms with E-state index in [9.17, 15) is 4.79 Å². The van der Waals surface area contributed by atoms with Gasteiger partial charge in [0, 0.05) is 31.1 Å². The van der Waals surface area contributed by atoms with Gasteiger partial charge in [0.05, 0.1) is 17.4 Å². The van der Waals surface area contributed by atoms with Crippen molar-refractivity contribution >= 4 is 5.91 Å². The van der Waals surface area contributed by atoms with Gasteiger partial charge in [-0.2, -0.15) is 0 Å². The monoisotopic (exact) mass is 312 g/mol. The zero-order chi connectivity index (χ0) is 16.4. The van der Waals surface area contributed by atoms with Crippen molar-refractivity contribution in [2.45, 2.75) is 45.8 Å². The Kier molecular flexibility index (Phi) is 4.48. The van der Waals surface area contributed by atoms with E-state index in [1.54, 1.807) is 0 Å². The highest BCUT2D eigenvalue weighted by Gasteiger charge is 2.27. The summed E-state index contributed by atoms with van der Waals surface area (Å²) in [4.78, 5) is 22.6. The molecule has 0 bridgehead atoms. The average Bonchev–Trinajstić information content (AvgIpc) is 2.97. The van der Waals surface area contributed by atoms with Crippen LogP contribution in [0.4, 0.5) is 0 Å². The second-order valence-corrected chi connectivity index (χ2v) is 6.44. The van der Waals surface area contributed by atoms with Gasteiger partial charge < -0.3 is 10.3 Å². The Labute approximate surface area is 137 Å². The summed E-state index contributed by atoms with van der Waals surface area (Å²) in [6.07, 6.45) is 0.873. The Bertz CT molecular complexity index is 678. The largest absolute Gasteiger partial charge is 0.353 e. The summed E-state index contributed by atoms with van der Waals surface area (Å²) in [6, 6.07) is 10.2. The van der Waals surface area contributed by atoms with E-state index in [4.69, 9.17) is 4.98 Å². The molecule has 1 aliphatic rings. The first-order valence-electron chi connectivity index (χ1n) is 8.22. The standard InChI is InChI=1S/C18H24N4O/c1-12(2)19-18(23)13(3)22-10-9-15-16(11-22)21-17(20-15)14-7-5-4-6-8-14/h4-8,12-13H,9-11H2,1-3H3,(H,19,23)(H,20,21)/t13-/m0/s1. The number of imidazole rings is 1. The normalized spacial score (nSPS) is 16.2. The zero-order valence-electron chi connectivity index (χ0n) is 14.0. The number of aromatic amines is 1. The van der Waals surface area contributed by atoms with Gasteiger partial charge in [-0.25, -0.2) is 4.98 Å². The molecule has 0 radical (unpaired) electrons. The number of hydrogen-bond donors (Lipinski definition) is 2. The number of amides is 1. The van der Waals surface area contributed by atoms with Crippen molar-refractivity contribution in [2.24, 2.45) is 0 Å². The molecule has 1 atom stereocenters. The third-order valence-corrected chi connectivity index (χ3v) is 4.27. The third kappa shape index (κ3) is 3.45. The first-order chi connectivity index (χ1) is 11.0. The molecule has 122 valence electrons. The van der Waals surface area contributed by atoms with Crippen molar-refractivity contribution in [3.8, 4) is 11.4 Å². The third-order valence-electron chi connectivity index (χ3n) is 4.27. The molecule has 2 heterocycles. The molecular weight excluding hydrogens is 288 g/mol. The molecule has 5 nitrogen and oxygen atoms in total. The van der Waals surface area contributed by atoms with Crippen LogP contribution in [-0.4, -0.2) is 39.4 Å². The van der Waals surface area contributed by atoms with Gasteiger partial charge in [0.1, 0.15) is 5.82 Å². The van der Waals surface area contributed by atoms with Gasteiger partial charge in [-0.1, -0.05) is 30.3 Å². The van der Waals surface area contributed by atoms with E-state index < -0.39 is 0 Å². The number of fused-ring (bicyclic) bond motifs is 1. The SMILES string of the molecule is CC(C)NC(=O)[C@H](C)N1CCc2nc(-c3ccccc3)[nH]c2C1. The van der Waals surface area contributed by atoms with Crippen LogP contribution in [-0.2, 0) is 17.8 Å². The van der Waals surface area contributed by atoms with Crippen molar-refractivity contribution in [2.75, 3.05) is 6.54 Å². The molecule has 1 aromatic heterocycles. The van der Waals surface area contributed by atoms with Gasteiger partial charge in [-0.15, -0.1) is 0 Å². The van der Waals surface area contributed by atoms with Crippen molar-refractivity contribution in [3.05, 3.63) is 41.7 Å². The molecular formula is C18H24N4O. The van der Waals surface area contributed by atoms with Gasteiger partial charge in [0.15, 0.2) is 0 Å². The molecule has 0 aliphatic carbocycles. The summed E-state index contributed by atoms with van der Waals surface area (Å²) >= 11 is 0. The molecule has 23 heavy (non-hydrogen) atoms. The van der Waals surface area contributed by atoms with Crippen LogP contribution in [0, 0.1) is 0 Å². The summed E-state index contributed by atoms with van der Waals surface area (Å²) in [5, 5.41) is 2.99. The molecule has 3 rings (SSSR count). The minimum Gasteiger partial charge on any atom is -0.353 e. The molecule has 0 saturated carbocycles. The Morgan fingerprint density at radius 3 is 2.70 bits per heavy atom. The zero-order valence-corrected chi connectivity index (χ0v) is 14.0. The van der Waals surface area contributed by atoms with Crippen LogP contribution in [0.3, 0.4) is 0 Å². The van der Waals surface area contributed by atoms with Crippen molar-refractivity contribution in [3.63, 3.8) is 0 Å². The van der Waals surface area contributed by atoms with Gasteiger partial charge in [-0.3, -0.25) is 9.69 Å². The summed E-state index contributed by atoms with van der Waals surface area (Å²) in [5.74, 6) is 1.00. The van der Waals surface area contributed by atoms with E-state index in [1.807, 2.05) is 39.0 Å². The summed E-state index contributed by atoms with van der Waals surface area (Å²) in [5.41, 5.74) is 3.34. The maximum Gasteiger partial charge on any atom is 0.237 e. The summed E-state index contributed by atoms with van der Waals surface area (Å²) in [7, 11) is 0. The maximum absolute atomic E-state index is 12.2. The first-order valence-corrected chi connectivity index (χ1v) is 8.22. The highest BCUT2D eigenvalue weighted by molar-refractivity contribution is 5.81. The van der Waals surface area contributed by atoms with Gasteiger partial charge in [0.2, 0.25) is 5.91 Å². The van der Waals surface area contributed by atoms with Crippen LogP contribution < -0.4 is 5.32 Å². The Balaban J connectivity index is 1.74. The predicted octanol–water partition coefficient (Wildman–Crippen LogP) is 2.35. The number of nitrogens with one attached hydrogen (secondary N) is 2. The van der Waals surface area contributed by atoms with E-state index in [0.29, 0.717) is 0 Å². The minimum atomic E-state index is -0.131. The van der Waals surface area contributed by atoms with E-state index >= 15 is 0 Å². The summed E-state index contributed by atoms with van der Waals surface area (Å²) in [6.45, 7) is 7.54. The summed E-state index contributed by atoms with van der Waals surface area (Å²) < 4.78 is 0. The molecule has 2 aromatic rings. The van der Waals surface area contributed by atoms with Gasteiger partial charge in [0.25, 0.3) is 0 Å². The fraction of sp³-hybridized carbons (Fsp3) is 0.444. The Morgan fingerprint density at radius 1 is 1.26 bits per heavy atom. The lowest BCUT2D eigenvalue weighted by Crippen LogP contribution is -2.48. The number of hydrogen-bond acceptors (Lipinski definition) is 3. The lowest BCUT2D eigenvalue weighted by molar-refractivity contribution is -0.126. The van der Waals surface area contributed by atoms with Crippen LogP contribution in [0.2, 0.25) is 0 Å². The molecule has 5 heteroatoms. The average molecular weight is 312 g/mol. The van der Waals surface area contributed by atoms with Crippen molar-refractivity contribution in [1.29, 1.82) is 0 Å². The van der Waals surface area contributed by atoms with Crippen LogP contribution in [0.25, 0.3) is 11.4 Å². The van der Waals surface area contributed by atoms with E-state index in [1.165, 1.54) is 0 Å². The lowest BCUT2D eigenvalue weighted by atomic mass is 10.1. The number of rotatable bonds is 4. The number of aromatic nitrogens is 2. The second-order valence-electron chi connectivity index (χ2n) is 6.44. The van der Waals surface area contributed by atoms with E-state index in [2.05, 4.69) is 27.3 Å². The minimum absolute atomic E-state index is 0.0891. The fourth-order valence-corrected chi connectivity index (χ4v) is 2.95. The Morgan fingerprint density at radius 2 is 2.00 bits per heavy atom. The highest BCUT2D eigenvalue weighted by atomic mass is 16.2. The van der Waals surface area contributed by atoms with Gasteiger partial charge >= 0.3 is 0 Å². The molecule has 1 aromatic carbocycles. The number of nitrogens with zero attached hydrogens (tertiary/aromatic N) is 2. The molecule has 2 N–H and O–H groups in total. The first kappa shape index (κ1) is 15.7. The molecule has 1 aliphatic heterocycles. The molecule has 0 spiro atoms. The van der Waals surface area contributed by atoms with E-state index in [-0.39, 0.29) is 18.0 Å². The smallest absolute Gasteiger partial charge is 0.237 e. The topological polar surface area (TPSA) is 61.0 Å². The number of H-pyrrole nitrogens is 1. The Hall–Kier alpha value is -2.14.